The van der Waals surface area contributed by atoms with E-state index in [4.69, 9.17) is 21.6 Å². The first-order valence-electron chi connectivity index (χ1n) is 12.5. The third-order valence-corrected chi connectivity index (χ3v) is 7.45. The molecule has 3 aromatic heterocycles. The molecule has 2 aliphatic rings. The van der Waals surface area contributed by atoms with Gasteiger partial charge in [0, 0.05) is 53.7 Å². The van der Waals surface area contributed by atoms with Crippen molar-refractivity contribution in [3.63, 3.8) is 0 Å². The number of benzene rings is 1. The van der Waals surface area contributed by atoms with Gasteiger partial charge >= 0.3 is 0 Å². The molecule has 0 saturated carbocycles. The molecule has 8 heteroatoms. The van der Waals surface area contributed by atoms with Crippen molar-refractivity contribution in [2.75, 3.05) is 11.9 Å². The molecule has 6 rings (SSSR count). The van der Waals surface area contributed by atoms with E-state index in [1.807, 2.05) is 38.1 Å². The van der Waals surface area contributed by atoms with Crippen LogP contribution in [0.4, 0.5) is 10.3 Å². The zero-order valence-corrected chi connectivity index (χ0v) is 21.1. The Balaban J connectivity index is 1.46. The highest BCUT2D eigenvalue weighted by atomic mass is 35.5. The summed E-state index contributed by atoms with van der Waals surface area (Å²) in [4.78, 5) is 14.4. The lowest BCUT2D eigenvalue weighted by Gasteiger charge is -2.23. The second kappa shape index (κ2) is 9.21. The number of aromatic nitrogens is 5. The topological polar surface area (TPSA) is 60.6 Å². The van der Waals surface area contributed by atoms with Crippen LogP contribution < -0.4 is 5.32 Å². The zero-order chi connectivity index (χ0) is 24.8. The third-order valence-electron chi connectivity index (χ3n) is 7.22. The van der Waals surface area contributed by atoms with Crippen LogP contribution >= 0.6 is 11.6 Å². The summed E-state index contributed by atoms with van der Waals surface area (Å²) in [5.74, 6) is 1.43. The quantitative estimate of drug-likeness (QED) is 0.318. The summed E-state index contributed by atoms with van der Waals surface area (Å²) in [7, 11) is 0. The molecule has 1 N–H and O–H groups in total. The number of imidazole rings is 1. The molecule has 0 spiro atoms. The molecule has 0 amide bonds. The summed E-state index contributed by atoms with van der Waals surface area (Å²) in [6.07, 6.45) is 11.0. The van der Waals surface area contributed by atoms with E-state index in [2.05, 4.69) is 37.8 Å². The fourth-order valence-corrected chi connectivity index (χ4v) is 5.75. The second-order valence-corrected chi connectivity index (χ2v) is 10.0. The molecule has 184 valence electrons. The maximum absolute atomic E-state index is 14.0. The summed E-state index contributed by atoms with van der Waals surface area (Å²) >= 11 is 6.21. The standard InChI is InChI=1S/C28H28ClFN6/c1-3-31-28-32-12-10-23(33-28)27-26(22-7-5-20(30)14-17(22)2)34-25-9-6-21(36(25)27)16-35-13-11-18-15-19(29)4-8-24(18)35/h4-5,7-8,10-15,17,21-22H,3,6,9,16H2,1-2H3,(H,31,32,33). The lowest BCUT2D eigenvalue weighted by atomic mass is 9.85. The van der Waals surface area contributed by atoms with Gasteiger partial charge in [-0.2, -0.15) is 0 Å². The number of anilines is 1. The average Bonchev–Trinajstić information content (AvgIpc) is 3.54. The molecule has 0 radical (unpaired) electrons. The van der Waals surface area contributed by atoms with Crippen molar-refractivity contribution in [3.05, 3.63) is 83.3 Å². The molecule has 3 unspecified atom stereocenters. The molecule has 3 atom stereocenters. The number of halogens is 2. The van der Waals surface area contributed by atoms with Crippen molar-refractivity contribution < 1.29 is 4.39 Å². The van der Waals surface area contributed by atoms with Crippen molar-refractivity contribution in [1.29, 1.82) is 0 Å². The number of aryl methyl sites for hydroxylation is 1. The molecular weight excluding hydrogens is 475 g/mol. The minimum atomic E-state index is -0.194. The second-order valence-electron chi connectivity index (χ2n) is 9.59. The predicted octanol–water partition coefficient (Wildman–Crippen LogP) is 6.71. The Morgan fingerprint density at radius 1 is 1.19 bits per heavy atom. The molecule has 0 saturated heterocycles. The van der Waals surface area contributed by atoms with E-state index in [9.17, 15) is 4.39 Å². The Morgan fingerprint density at radius 3 is 2.92 bits per heavy atom. The van der Waals surface area contributed by atoms with Gasteiger partial charge < -0.3 is 14.5 Å². The molecule has 6 nitrogen and oxygen atoms in total. The lowest BCUT2D eigenvalue weighted by Crippen LogP contribution is -2.16. The summed E-state index contributed by atoms with van der Waals surface area (Å²) in [5, 5.41) is 5.10. The fourth-order valence-electron chi connectivity index (χ4n) is 5.57. The molecule has 1 aromatic carbocycles. The van der Waals surface area contributed by atoms with Crippen LogP contribution in [0.1, 0.15) is 43.7 Å². The zero-order valence-electron chi connectivity index (χ0n) is 20.3. The monoisotopic (exact) mass is 502 g/mol. The maximum atomic E-state index is 14.0. The highest BCUT2D eigenvalue weighted by Crippen LogP contribution is 2.42. The van der Waals surface area contributed by atoms with Gasteiger partial charge in [0.15, 0.2) is 0 Å². The first-order valence-corrected chi connectivity index (χ1v) is 12.9. The minimum absolute atomic E-state index is 0.00366. The first kappa shape index (κ1) is 23.0. The van der Waals surface area contributed by atoms with E-state index in [1.165, 1.54) is 0 Å². The minimum Gasteiger partial charge on any atom is -0.354 e. The van der Waals surface area contributed by atoms with E-state index in [0.29, 0.717) is 5.95 Å². The van der Waals surface area contributed by atoms with Gasteiger partial charge in [-0.25, -0.2) is 19.3 Å². The van der Waals surface area contributed by atoms with Crippen molar-refractivity contribution in [1.82, 2.24) is 24.1 Å². The summed E-state index contributed by atoms with van der Waals surface area (Å²) < 4.78 is 18.6. The van der Waals surface area contributed by atoms with Crippen LogP contribution in [0, 0.1) is 5.92 Å². The Bertz CT molecular complexity index is 1500. The summed E-state index contributed by atoms with van der Waals surface area (Å²) in [6, 6.07) is 10.3. The van der Waals surface area contributed by atoms with Gasteiger partial charge in [0.05, 0.1) is 23.1 Å². The third kappa shape index (κ3) is 4.01. The van der Waals surface area contributed by atoms with Crippen LogP contribution in [0.5, 0.6) is 0 Å². The van der Waals surface area contributed by atoms with Gasteiger partial charge in [-0.3, -0.25) is 0 Å². The van der Waals surface area contributed by atoms with Crippen molar-refractivity contribution in [2.45, 2.75) is 45.2 Å². The molecule has 0 fully saturated rings. The van der Waals surface area contributed by atoms with Gasteiger partial charge in [0.1, 0.15) is 11.7 Å². The molecule has 4 heterocycles. The molecular formula is C28H28ClFN6. The number of allylic oxidation sites excluding steroid dienone is 4. The van der Waals surface area contributed by atoms with Crippen molar-refractivity contribution >= 4 is 28.5 Å². The van der Waals surface area contributed by atoms with E-state index in [-0.39, 0.29) is 23.7 Å². The maximum Gasteiger partial charge on any atom is 0.223 e. The number of hydrogen-bond acceptors (Lipinski definition) is 4. The van der Waals surface area contributed by atoms with E-state index in [0.717, 1.165) is 64.8 Å². The van der Waals surface area contributed by atoms with Crippen LogP contribution in [0.3, 0.4) is 0 Å². The SMILES string of the molecule is CCNc1nccc(-c2c(C3C=CC(F)=CC3C)nc3n2C(Cn2ccc4cc(Cl)ccc42)CC3)n1. The molecule has 36 heavy (non-hydrogen) atoms. The fraction of sp³-hybridized carbons (Fsp3) is 0.321. The van der Waals surface area contributed by atoms with Gasteiger partial charge in [-0.1, -0.05) is 24.6 Å². The van der Waals surface area contributed by atoms with Crippen LogP contribution in [0.2, 0.25) is 5.02 Å². The van der Waals surface area contributed by atoms with Gasteiger partial charge in [0.2, 0.25) is 5.95 Å². The van der Waals surface area contributed by atoms with Crippen molar-refractivity contribution in [2.24, 2.45) is 5.92 Å². The van der Waals surface area contributed by atoms with Crippen LogP contribution in [0.15, 0.2) is 66.8 Å². The van der Waals surface area contributed by atoms with Crippen LogP contribution in [-0.2, 0) is 13.0 Å². The van der Waals surface area contributed by atoms with E-state index >= 15 is 0 Å². The van der Waals surface area contributed by atoms with Crippen LogP contribution in [0.25, 0.3) is 22.3 Å². The molecule has 1 aliphatic carbocycles. The van der Waals surface area contributed by atoms with Gasteiger partial charge in [0.25, 0.3) is 0 Å². The summed E-state index contributed by atoms with van der Waals surface area (Å²) in [5.41, 5.74) is 3.95. The van der Waals surface area contributed by atoms with Gasteiger partial charge in [-0.05, 0) is 61.7 Å². The number of rotatable bonds is 6. The molecule has 1 aliphatic heterocycles. The lowest BCUT2D eigenvalue weighted by molar-refractivity contribution is 0.458. The highest BCUT2D eigenvalue weighted by molar-refractivity contribution is 6.31. The summed E-state index contributed by atoms with van der Waals surface area (Å²) in [6.45, 7) is 5.62. The first-order chi connectivity index (χ1) is 17.5. The normalized spacial score (nSPS) is 21.1. The Hall–Kier alpha value is -3.45. The Kier molecular flexibility index (Phi) is 5.88. The number of fused-ring (bicyclic) bond motifs is 2. The number of nitrogens with one attached hydrogen (secondary N) is 1. The van der Waals surface area contributed by atoms with Crippen LogP contribution in [-0.4, -0.2) is 30.6 Å². The smallest absolute Gasteiger partial charge is 0.223 e. The van der Waals surface area contributed by atoms with Crippen molar-refractivity contribution in [3.8, 4) is 11.4 Å². The Labute approximate surface area is 214 Å². The number of hydrogen-bond donors (Lipinski definition) is 1. The van der Waals surface area contributed by atoms with E-state index in [1.54, 1.807) is 18.3 Å². The average molecular weight is 503 g/mol. The highest BCUT2D eigenvalue weighted by Gasteiger charge is 2.34. The predicted molar refractivity (Wildman–Crippen MR) is 142 cm³/mol. The molecule has 4 aromatic rings. The Morgan fingerprint density at radius 2 is 2.08 bits per heavy atom. The van der Waals surface area contributed by atoms with Gasteiger partial charge in [-0.15, -0.1) is 0 Å². The number of nitrogens with zero attached hydrogens (tertiary/aromatic N) is 5. The molecule has 0 bridgehead atoms. The van der Waals surface area contributed by atoms with E-state index < -0.39 is 0 Å². The largest absolute Gasteiger partial charge is 0.354 e.